The van der Waals surface area contributed by atoms with Gasteiger partial charge < -0.3 is 10.3 Å². The topological polar surface area (TPSA) is 43.8 Å². The molecule has 2 aromatic rings. The average Bonchev–Trinajstić information content (AvgIpc) is 2.85. The summed E-state index contributed by atoms with van der Waals surface area (Å²) in [7, 11) is 0. The van der Waals surface area contributed by atoms with Crippen LogP contribution in [0, 0.1) is 13.8 Å². The molecule has 0 bridgehead atoms. The van der Waals surface area contributed by atoms with E-state index in [0.29, 0.717) is 0 Å². The molecule has 0 aliphatic rings. The molecule has 0 fully saturated rings. The van der Waals surface area contributed by atoms with Gasteiger partial charge in [-0.25, -0.2) is 4.98 Å². The first kappa shape index (κ1) is 11.4. The van der Waals surface area contributed by atoms with Crippen molar-refractivity contribution < 1.29 is 0 Å². The van der Waals surface area contributed by atoms with Crippen molar-refractivity contribution in [3.63, 3.8) is 0 Å². The minimum atomic E-state index is -0.104. The van der Waals surface area contributed by atoms with Crippen LogP contribution in [0.15, 0.2) is 18.5 Å². The number of imidazole rings is 1. The second-order valence-electron chi connectivity index (χ2n) is 3.94. The zero-order valence-electron chi connectivity index (χ0n) is 9.90. The number of nitrogens with two attached hydrogens (primary N) is 1. The normalized spacial score (nSPS) is 13.0. The highest BCUT2D eigenvalue weighted by Crippen LogP contribution is 2.28. The molecular weight excluding hydrogens is 218 g/mol. The van der Waals surface area contributed by atoms with Gasteiger partial charge in [-0.05, 0) is 32.4 Å². The van der Waals surface area contributed by atoms with Crippen LogP contribution in [-0.4, -0.2) is 9.55 Å². The molecule has 0 radical (unpaired) electrons. The van der Waals surface area contributed by atoms with Crippen molar-refractivity contribution >= 4 is 11.3 Å². The average molecular weight is 235 g/mol. The summed E-state index contributed by atoms with van der Waals surface area (Å²) in [4.78, 5) is 6.87. The molecule has 16 heavy (non-hydrogen) atoms. The number of hydrogen-bond donors (Lipinski definition) is 1. The van der Waals surface area contributed by atoms with Crippen LogP contribution >= 0.6 is 11.3 Å². The Morgan fingerprint density at radius 1 is 1.50 bits per heavy atom. The summed E-state index contributed by atoms with van der Waals surface area (Å²) in [6, 6.07) is 2.06. The molecule has 4 heteroatoms. The third kappa shape index (κ3) is 1.90. The highest BCUT2D eigenvalue weighted by Gasteiger charge is 2.16. The Bertz CT molecular complexity index is 465. The van der Waals surface area contributed by atoms with Crippen molar-refractivity contribution in [1.82, 2.24) is 9.55 Å². The molecule has 0 aromatic carbocycles. The Kier molecular flexibility index (Phi) is 3.12. The summed E-state index contributed by atoms with van der Waals surface area (Å²) in [5.74, 6) is 0.948. The molecule has 0 spiro atoms. The number of nitrogens with zero attached hydrogens (tertiary/aromatic N) is 2. The van der Waals surface area contributed by atoms with Crippen LogP contribution in [0.25, 0.3) is 0 Å². The summed E-state index contributed by atoms with van der Waals surface area (Å²) >= 11 is 1.76. The SMILES string of the molecule is CCn1ccnc1C(N)c1cc(C)c(C)s1. The largest absolute Gasteiger partial charge is 0.334 e. The molecule has 86 valence electrons. The van der Waals surface area contributed by atoms with E-state index in [1.807, 2.05) is 12.4 Å². The van der Waals surface area contributed by atoms with Gasteiger partial charge in [-0.1, -0.05) is 0 Å². The number of hydrogen-bond acceptors (Lipinski definition) is 3. The molecular formula is C12H17N3S. The summed E-state index contributed by atoms with van der Waals surface area (Å²) in [5, 5.41) is 0. The van der Waals surface area contributed by atoms with Crippen LogP contribution in [0.5, 0.6) is 0 Å². The lowest BCUT2D eigenvalue weighted by Crippen LogP contribution is -2.16. The van der Waals surface area contributed by atoms with Gasteiger partial charge in [0.05, 0.1) is 6.04 Å². The molecule has 0 saturated heterocycles. The molecule has 0 saturated carbocycles. The Morgan fingerprint density at radius 3 is 2.81 bits per heavy atom. The fraction of sp³-hybridized carbons (Fsp3) is 0.417. The number of aryl methyl sites for hydroxylation is 3. The molecule has 2 aromatic heterocycles. The predicted molar refractivity (Wildman–Crippen MR) is 67.7 cm³/mol. The first-order valence-corrected chi connectivity index (χ1v) is 6.28. The minimum Gasteiger partial charge on any atom is -0.334 e. The zero-order valence-corrected chi connectivity index (χ0v) is 10.7. The third-order valence-corrected chi connectivity index (χ3v) is 4.09. The predicted octanol–water partition coefficient (Wildman–Crippen LogP) is 2.63. The second-order valence-corrected chi connectivity index (χ2v) is 5.22. The van der Waals surface area contributed by atoms with Crippen LogP contribution < -0.4 is 5.73 Å². The second kappa shape index (κ2) is 4.39. The maximum atomic E-state index is 6.25. The highest BCUT2D eigenvalue weighted by molar-refractivity contribution is 7.12. The van der Waals surface area contributed by atoms with Crippen LogP contribution in [-0.2, 0) is 6.54 Å². The fourth-order valence-corrected chi connectivity index (χ4v) is 2.79. The molecule has 2 N–H and O–H groups in total. The highest BCUT2D eigenvalue weighted by atomic mass is 32.1. The van der Waals surface area contributed by atoms with E-state index in [9.17, 15) is 0 Å². The lowest BCUT2D eigenvalue weighted by Gasteiger charge is -2.11. The van der Waals surface area contributed by atoms with E-state index in [0.717, 1.165) is 12.4 Å². The van der Waals surface area contributed by atoms with Crippen LogP contribution in [0.3, 0.4) is 0 Å². The van der Waals surface area contributed by atoms with Crippen molar-refractivity contribution in [2.24, 2.45) is 5.73 Å². The summed E-state index contributed by atoms with van der Waals surface area (Å²) in [6.07, 6.45) is 3.79. The van der Waals surface area contributed by atoms with E-state index < -0.39 is 0 Å². The lowest BCUT2D eigenvalue weighted by atomic mass is 10.2. The van der Waals surface area contributed by atoms with Gasteiger partial charge in [0, 0.05) is 28.7 Å². The molecule has 1 unspecified atom stereocenters. The molecule has 0 amide bonds. The Balaban J connectivity index is 2.35. The molecule has 1 atom stereocenters. The summed E-state index contributed by atoms with van der Waals surface area (Å²) in [5.41, 5.74) is 7.56. The Morgan fingerprint density at radius 2 is 2.25 bits per heavy atom. The Hall–Kier alpha value is -1.13. The van der Waals surface area contributed by atoms with Crippen LogP contribution in [0.4, 0.5) is 0 Å². The van der Waals surface area contributed by atoms with Crippen molar-refractivity contribution in [3.8, 4) is 0 Å². The monoisotopic (exact) mass is 235 g/mol. The number of aromatic nitrogens is 2. The van der Waals surface area contributed by atoms with Gasteiger partial charge in [0.25, 0.3) is 0 Å². The molecule has 2 heterocycles. The number of thiophene rings is 1. The van der Waals surface area contributed by atoms with E-state index in [-0.39, 0.29) is 6.04 Å². The smallest absolute Gasteiger partial charge is 0.131 e. The lowest BCUT2D eigenvalue weighted by molar-refractivity contribution is 0.661. The fourth-order valence-electron chi connectivity index (χ4n) is 1.75. The van der Waals surface area contributed by atoms with Crippen molar-refractivity contribution in [2.45, 2.75) is 33.4 Å². The minimum absolute atomic E-state index is 0.104. The van der Waals surface area contributed by atoms with Crippen molar-refractivity contribution in [1.29, 1.82) is 0 Å². The first-order chi connectivity index (χ1) is 7.63. The van der Waals surface area contributed by atoms with E-state index >= 15 is 0 Å². The van der Waals surface area contributed by atoms with Gasteiger partial charge in [0.2, 0.25) is 0 Å². The van der Waals surface area contributed by atoms with Crippen molar-refractivity contribution in [3.05, 3.63) is 39.6 Å². The summed E-state index contributed by atoms with van der Waals surface area (Å²) in [6.45, 7) is 7.26. The van der Waals surface area contributed by atoms with Gasteiger partial charge in [-0.3, -0.25) is 0 Å². The van der Waals surface area contributed by atoms with Gasteiger partial charge in [0.15, 0.2) is 0 Å². The molecule has 0 aliphatic heterocycles. The van der Waals surface area contributed by atoms with Gasteiger partial charge in [-0.15, -0.1) is 11.3 Å². The zero-order chi connectivity index (χ0) is 11.7. The van der Waals surface area contributed by atoms with Gasteiger partial charge in [-0.2, -0.15) is 0 Å². The summed E-state index contributed by atoms with van der Waals surface area (Å²) < 4.78 is 2.09. The van der Waals surface area contributed by atoms with Gasteiger partial charge in [0.1, 0.15) is 5.82 Å². The maximum absolute atomic E-state index is 6.25. The molecule has 0 aliphatic carbocycles. The van der Waals surface area contributed by atoms with E-state index in [2.05, 4.69) is 36.4 Å². The maximum Gasteiger partial charge on any atom is 0.131 e. The van der Waals surface area contributed by atoms with Crippen LogP contribution in [0.1, 0.15) is 34.1 Å². The van der Waals surface area contributed by atoms with E-state index in [4.69, 9.17) is 5.73 Å². The van der Waals surface area contributed by atoms with Crippen LogP contribution in [0.2, 0.25) is 0 Å². The molecule has 2 rings (SSSR count). The Labute approximate surface area is 99.9 Å². The first-order valence-electron chi connectivity index (χ1n) is 5.47. The van der Waals surface area contributed by atoms with Gasteiger partial charge >= 0.3 is 0 Å². The molecule has 3 nitrogen and oxygen atoms in total. The quantitative estimate of drug-likeness (QED) is 0.888. The standard InChI is InChI=1S/C12H17N3S/c1-4-15-6-5-14-12(15)11(13)10-7-8(2)9(3)16-10/h5-7,11H,4,13H2,1-3H3. The van der Waals surface area contributed by atoms with E-state index in [1.165, 1.54) is 15.3 Å². The number of rotatable bonds is 3. The van der Waals surface area contributed by atoms with E-state index in [1.54, 1.807) is 11.3 Å². The van der Waals surface area contributed by atoms with Crippen molar-refractivity contribution in [2.75, 3.05) is 0 Å². The third-order valence-electron chi connectivity index (χ3n) is 2.86.